The summed E-state index contributed by atoms with van der Waals surface area (Å²) < 4.78 is 11.1. The van der Waals surface area contributed by atoms with E-state index in [1.54, 1.807) is 0 Å². The highest BCUT2D eigenvalue weighted by Gasteiger charge is 2.09. The molecule has 0 aliphatic carbocycles. The number of benzene rings is 2. The second-order valence-electron chi connectivity index (χ2n) is 5.49. The molecule has 0 aromatic heterocycles. The number of anilines is 1. The molecule has 0 aliphatic heterocycles. The number of carbonyl (C=O) groups is 1. The van der Waals surface area contributed by atoms with E-state index >= 15 is 0 Å². The molecule has 0 fully saturated rings. The standard InChI is InChI=1S/C19H22N2O3S/c1-4-23-16-8-6-5-7-15(16)20-19(25)21-18(22)12-24-17-11-13(2)9-10-14(17)3/h5-11H,4,12H2,1-3H3,(H2,20,21,22,25). The fourth-order valence-corrected chi connectivity index (χ4v) is 2.40. The molecule has 0 saturated heterocycles. The van der Waals surface area contributed by atoms with Gasteiger partial charge in [-0.15, -0.1) is 0 Å². The number of thiocarbonyl (C=S) groups is 1. The first-order valence-electron chi connectivity index (χ1n) is 8.02. The van der Waals surface area contributed by atoms with Gasteiger partial charge in [0.25, 0.3) is 5.91 Å². The van der Waals surface area contributed by atoms with Crippen molar-refractivity contribution in [2.75, 3.05) is 18.5 Å². The van der Waals surface area contributed by atoms with Crippen LogP contribution in [0.1, 0.15) is 18.1 Å². The van der Waals surface area contributed by atoms with Crippen LogP contribution in [0.25, 0.3) is 0 Å². The lowest BCUT2D eigenvalue weighted by molar-refractivity contribution is -0.121. The summed E-state index contributed by atoms with van der Waals surface area (Å²) in [6.07, 6.45) is 0. The summed E-state index contributed by atoms with van der Waals surface area (Å²) >= 11 is 5.18. The van der Waals surface area contributed by atoms with Crippen molar-refractivity contribution in [3.63, 3.8) is 0 Å². The minimum absolute atomic E-state index is 0.112. The molecule has 2 aromatic carbocycles. The Morgan fingerprint density at radius 3 is 2.60 bits per heavy atom. The smallest absolute Gasteiger partial charge is 0.264 e. The largest absolute Gasteiger partial charge is 0.492 e. The monoisotopic (exact) mass is 358 g/mol. The quantitative estimate of drug-likeness (QED) is 0.773. The molecule has 2 rings (SSSR count). The number of carbonyl (C=O) groups excluding carboxylic acids is 1. The number of aryl methyl sites for hydroxylation is 2. The van der Waals surface area contributed by atoms with Crippen molar-refractivity contribution in [2.45, 2.75) is 20.8 Å². The van der Waals surface area contributed by atoms with Gasteiger partial charge in [-0.05, 0) is 62.3 Å². The number of hydrogen-bond acceptors (Lipinski definition) is 4. The zero-order chi connectivity index (χ0) is 18.2. The van der Waals surface area contributed by atoms with Crippen molar-refractivity contribution in [1.29, 1.82) is 0 Å². The number of hydrogen-bond donors (Lipinski definition) is 2. The van der Waals surface area contributed by atoms with Gasteiger partial charge < -0.3 is 14.8 Å². The fourth-order valence-electron chi connectivity index (χ4n) is 2.17. The van der Waals surface area contributed by atoms with Crippen LogP contribution in [0.15, 0.2) is 42.5 Å². The lowest BCUT2D eigenvalue weighted by Crippen LogP contribution is -2.37. The zero-order valence-corrected chi connectivity index (χ0v) is 15.4. The molecule has 0 bridgehead atoms. The fraction of sp³-hybridized carbons (Fsp3) is 0.263. The predicted octanol–water partition coefficient (Wildman–Crippen LogP) is 3.59. The van der Waals surface area contributed by atoms with E-state index in [0.29, 0.717) is 23.8 Å². The Balaban J connectivity index is 1.88. The van der Waals surface area contributed by atoms with Gasteiger partial charge in [0, 0.05) is 0 Å². The summed E-state index contributed by atoms with van der Waals surface area (Å²) in [7, 11) is 0. The van der Waals surface area contributed by atoms with E-state index in [0.717, 1.165) is 11.1 Å². The van der Waals surface area contributed by atoms with Crippen LogP contribution in [0.5, 0.6) is 11.5 Å². The summed E-state index contributed by atoms with van der Waals surface area (Å²) in [4.78, 5) is 12.0. The Bertz CT molecular complexity index is 762. The molecule has 0 aliphatic rings. The van der Waals surface area contributed by atoms with E-state index in [-0.39, 0.29) is 17.6 Å². The molecule has 5 nitrogen and oxygen atoms in total. The summed E-state index contributed by atoms with van der Waals surface area (Å²) in [6, 6.07) is 13.2. The Kier molecular flexibility index (Phi) is 6.77. The van der Waals surface area contributed by atoms with Crippen molar-refractivity contribution >= 4 is 28.9 Å². The zero-order valence-electron chi connectivity index (χ0n) is 14.6. The maximum atomic E-state index is 12.0. The number of amides is 1. The van der Waals surface area contributed by atoms with Gasteiger partial charge >= 0.3 is 0 Å². The van der Waals surface area contributed by atoms with Crippen LogP contribution in [0.4, 0.5) is 5.69 Å². The summed E-state index contributed by atoms with van der Waals surface area (Å²) in [5.41, 5.74) is 2.75. The molecule has 132 valence electrons. The van der Waals surface area contributed by atoms with Gasteiger partial charge in [0.2, 0.25) is 0 Å². The first-order chi connectivity index (χ1) is 12.0. The van der Waals surface area contributed by atoms with Crippen LogP contribution in [-0.2, 0) is 4.79 Å². The molecule has 2 N–H and O–H groups in total. The van der Waals surface area contributed by atoms with Crippen LogP contribution in [-0.4, -0.2) is 24.2 Å². The minimum atomic E-state index is -0.327. The van der Waals surface area contributed by atoms with Gasteiger partial charge in [0.05, 0.1) is 12.3 Å². The van der Waals surface area contributed by atoms with E-state index in [1.807, 2.05) is 63.2 Å². The molecule has 0 saturated carbocycles. The van der Waals surface area contributed by atoms with E-state index < -0.39 is 0 Å². The molecule has 6 heteroatoms. The predicted molar refractivity (Wildman–Crippen MR) is 103 cm³/mol. The van der Waals surface area contributed by atoms with Crippen molar-refractivity contribution in [1.82, 2.24) is 5.32 Å². The first kappa shape index (κ1) is 18.7. The Labute approximate surface area is 153 Å². The normalized spacial score (nSPS) is 10.0. The van der Waals surface area contributed by atoms with Crippen molar-refractivity contribution in [3.8, 4) is 11.5 Å². The van der Waals surface area contributed by atoms with Crippen LogP contribution in [0.3, 0.4) is 0 Å². The van der Waals surface area contributed by atoms with Gasteiger partial charge in [-0.1, -0.05) is 24.3 Å². The molecule has 0 atom stereocenters. The number of rotatable bonds is 6. The lowest BCUT2D eigenvalue weighted by Gasteiger charge is -2.14. The van der Waals surface area contributed by atoms with E-state index in [4.69, 9.17) is 21.7 Å². The second kappa shape index (κ2) is 9.03. The molecule has 1 amide bonds. The molecule has 0 radical (unpaired) electrons. The molecule has 2 aromatic rings. The summed E-state index contributed by atoms with van der Waals surface area (Å²) in [5, 5.41) is 5.76. The van der Waals surface area contributed by atoms with Crippen LogP contribution >= 0.6 is 12.2 Å². The van der Waals surface area contributed by atoms with Crippen LogP contribution in [0.2, 0.25) is 0 Å². The SMILES string of the molecule is CCOc1ccccc1NC(=S)NC(=O)COc1cc(C)ccc1C. The third-order valence-electron chi connectivity index (χ3n) is 3.39. The van der Waals surface area contributed by atoms with Crippen LogP contribution in [0, 0.1) is 13.8 Å². The topological polar surface area (TPSA) is 59.6 Å². The Morgan fingerprint density at radius 1 is 1.08 bits per heavy atom. The third-order valence-corrected chi connectivity index (χ3v) is 3.59. The van der Waals surface area contributed by atoms with E-state index in [1.165, 1.54) is 0 Å². The number of para-hydroxylation sites is 2. The van der Waals surface area contributed by atoms with E-state index in [2.05, 4.69) is 10.6 Å². The van der Waals surface area contributed by atoms with E-state index in [9.17, 15) is 4.79 Å². The lowest BCUT2D eigenvalue weighted by atomic mass is 10.1. The van der Waals surface area contributed by atoms with Gasteiger partial charge in [-0.25, -0.2) is 0 Å². The number of ether oxygens (including phenoxy) is 2. The van der Waals surface area contributed by atoms with Gasteiger partial charge in [0.1, 0.15) is 11.5 Å². The molecule has 25 heavy (non-hydrogen) atoms. The number of nitrogens with one attached hydrogen (secondary N) is 2. The molecule has 0 spiro atoms. The van der Waals surface area contributed by atoms with Gasteiger partial charge in [0.15, 0.2) is 11.7 Å². The summed E-state index contributed by atoms with van der Waals surface area (Å²) in [5.74, 6) is 1.04. The Morgan fingerprint density at radius 2 is 1.84 bits per heavy atom. The maximum absolute atomic E-state index is 12.0. The highest BCUT2D eigenvalue weighted by molar-refractivity contribution is 7.80. The van der Waals surface area contributed by atoms with Crippen LogP contribution < -0.4 is 20.1 Å². The minimum Gasteiger partial charge on any atom is -0.492 e. The first-order valence-corrected chi connectivity index (χ1v) is 8.43. The molecular weight excluding hydrogens is 336 g/mol. The van der Waals surface area contributed by atoms with Crippen molar-refractivity contribution in [3.05, 3.63) is 53.6 Å². The average Bonchev–Trinajstić information content (AvgIpc) is 2.57. The van der Waals surface area contributed by atoms with Crippen molar-refractivity contribution < 1.29 is 14.3 Å². The average molecular weight is 358 g/mol. The highest BCUT2D eigenvalue weighted by atomic mass is 32.1. The summed E-state index contributed by atoms with van der Waals surface area (Å²) in [6.45, 7) is 6.24. The van der Waals surface area contributed by atoms with Crippen molar-refractivity contribution in [2.24, 2.45) is 0 Å². The Hall–Kier alpha value is -2.60. The molecule has 0 heterocycles. The maximum Gasteiger partial charge on any atom is 0.264 e. The van der Waals surface area contributed by atoms with Gasteiger partial charge in [-0.2, -0.15) is 0 Å². The second-order valence-corrected chi connectivity index (χ2v) is 5.90. The molecular formula is C19H22N2O3S. The molecule has 0 unspecified atom stereocenters. The third kappa shape index (κ3) is 5.76. The van der Waals surface area contributed by atoms with Gasteiger partial charge in [-0.3, -0.25) is 10.1 Å². The highest BCUT2D eigenvalue weighted by Crippen LogP contribution is 2.23.